The predicted octanol–water partition coefficient (Wildman–Crippen LogP) is 6.53. The highest BCUT2D eigenvalue weighted by Crippen LogP contribution is 2.34. The molecule has 0 atom stereocenters. The van der Waals surface area contributed by atoms with Crippen LogP contribution < -0.4 is 10.1 Å². The molecule has 3 aromatic carbocycles. The number of fused-ring (bicyclic) bond motifs is 5. The minimum absolute atomic E-state index is 0.121. The molecule has 9 nitrogen and oxygen atoms in total. The summed E-state index contributed by atoms with van der Waals surface area (Å²) in [5.74, 6) is 0.217. The van der Waals surface area contributed by atoms with Crippen LogP contribution in [0.25, 0.3) is 32.7 Å². The molecule has 0 bridgehead atoms. The lowest BCUT2D eigenvalue weighted by molar-refractivity contribution is -0.113. The number of anilines is 1. The fraction of sp³-hybridized carbons (Fsp3) is 0.138. The number of nitrogens with zero attached hydrogens (tertiary/aromatic N) is 4. The number of hydrogen-bond donors (Lipinski definition) is 1. The molecule has 0 radical (unpaired) electrons. The summed E-state index contributed by atoms with van der Waals surface area (Å²) in [6.45, 7) is 2.07. The quantitative estimate of drug-likeness (QED) is 0.0910. The van der Waals surface area contributed by atoms with Crippen molar-refractivity contribution in [3.05, 3.63) is 82.3 Å². The maximum Gasteiger partial charge on any atom is 0.338 e. The number of para-hydroxylation sites is 2. The van der Waals surface area contributed by atoms with Gasteiger partial charge in [-0.05, 0) is 67.7 Å². The first-order chi connectivity index (χ1) is 20.0. The van der Waals surface area contributed by atoms with Gasteiger partial charge < -0.3 is 14.8 Å². The number of rotatable bonds is 8. The molecule has 12 heteroatoms. The Kier molecular flexibility index (Phi) is 7.43. The Morgan fingerprint density at radius 3 is 2.61 bits per heavy atom. The Labute approximate surface area is 247 Å². The van der Waals surface area contributed by atoms with Gasteiger partial charge in [0, 0.05) is 17.4 Å². The second kappa shape index (κ2) is 11.3. The monoisotopic (exact) mass is 601 g/mol. The number of nitrogens with one attached hydrogen (secondary N) is 1. The van der Waals surface area contributed by atoms with Gasteiger partial charge in [-0.2, -0.15) is 0 Å². The molecule has 6 aromatic rings. The highest BCUT2D eigenvalue weighted by atomic mass is 32.2. The molecule has 3 aromatic heterocycles. The number of aromatic nitrogens is 4. The summed E-state index contributed by atoms with van der Waals surface area (Å²) in [5, 5.41) is 3.52. The summed E-state index contributed by atoms with van der Waals surface area (Å²) in [4.78, 5) is 35.0. The number of ether oxygens (including phenoxy) is 2. The Balaban J connectivity index is 1.42. The van der Waals surface area contributed by atoms with E-state index in [0.29, 0.717) is 44.0 Å². The summed E-state index contributed by atoms with van der Waals surface area (Å²) in [6, 6.07) is 22.1. The normalized spacial score (nSPS) is 11.3. The third kappa shape index (κ3) is 5.17. The molecule has 0 unspecified atom stereocenters. The molecule has 0 saturated carbocycles. The van der Waals surface area contributed by atoms with Crippen molar-refractivity contribution in [3.8, 4) is 11.4 Å². The number of methoxy groups -OCH3 is 1. The zero-order chi connectivity index (χ0) is 28.5. The number of benzene rings is 3. The summed E-state index contributed by atoms with van der Waals surface area (Å²) in [7, 11) is 1.58. The van der Waals surface area contributed by atoms with Gasteiger partial charge in [0.15, 0.2) is 20.4 Å². The van der Waals surface area contributed by atoms with Crippen molar-refractivity contribution in [2.45, 2.75) is 12.1 Å². The number of esters is 1. The van der Waals surface area contributed by atoms with Crippen molar-refractivity contribution < 1.29 is 19.1 Å². The third-order valence-electron chi connectivity index (χ3n) is 6.27. The number of thiazole rings is 1. The van der Waals surface area contributed by atoms with Gasteiger partial charge in [0.25, 0.3) is 0 Å². The first-order valence-electron chi connectivity index (χ1n) is 12.6. The number of carbonyl (C=O) groups is 2. The summed E-state index contributed by atoms with van der Waals surface area (Å²) < 4.78 is 15.6. The molecule has 6 rings (SSSR count). The van der Waals surface area contributed by atoms with Crippen LogP contribution in [0, 0.1) is 3.95 Å². The zero-order valence-electron chi connectivity index (χ0n) is 22.0. The molecule has 0 saturated heterocycles. The molecule has 0 aliphatic heterocycles. The van der Waals surface area contributed by atoms with Crippen molar-refractivity contribution in [2.75, 3.05) is 24.8 Å². The van der Waals surface area contributed by atoms with E-state index in [1.54, 1.807) is 32.2 Å². The van der Waals surface area contributed by atoms with Gasteiger partial charge >= 0.3 is 5.97 Å². The second-order valence-electron chi connectivity index (χ2n) is 8.85. The van der Waals surface area contributed by atoms with E-state index in [2.05, 4.69) is 5.32 Å². The van der Waals surface area contributed by atoms with Crippen LogP contribution in [0.2, 0.25) is 0 Å². The fourth-order valence-electron chi connectivity index (χ4n) is 4.44. The van der Waals surface area contributed by atoms with Crippen LogP contribution in [-0.2, 0) is 9.53 Å². The highest BCUT2D eigenvalue weighted by Gasteiger charge is 2.20. The SMILES string of the molecule is CCOC(=O)c1ccc(-n2c(=S)sc3c2nc(SCC(=O)Nc2cccc(OC)c2)n2c4ccccc4nc32)cc1. The van der Waals surface area contributed by atoms with Gasteiger partial charge in [-0.25, -0.2) is 14.8 Å². The molecular weight excluding hydrogens is 579 g/mol. The van der Waals surface area contributed by atoms with Crippen molar-refractivity contribution >= 4 is 79.9 Å². The van der Waals surface area contributed by atoms with Gasteiger partial charge in [-0.3, -0.25) is 13.8 Å². The summed E-state index contributed by atoms with van der Waals surface area (Å²) in [5.41, 5.74) is 4.90. The van der Waals surface area contributed by atoms with Gasteiger partial charge in [-0.1, -0.05) is 41.3 Å². The van der Waals surface area contributed by atoms with Gasteiger partial charge in [0.1, 0.15) is 10.4 Å². The fourth-order valence-corrected chi connectivity index (χ4v) is 6.59. The third-order valence-corrected chi connectivity index (χ3v) is 8.56. The van der Waals surface area contributed by atoms with Gasteiger partial charge in [-0.15, -0.1) is 0 Å². The maximum absolute atomic E-state index is 12.9. The highest BCUT2D eigenvalue weighted by molar-refractivity contribution is 7.99. The first-order valence-corrected chi connectivity index (χ1v) is 14.8. The lowest BCUT2D eigenvalue weighted by atomic mass is 10.2. The van der Waals surface area contributed by atoms with Crippen LogP contribution in [0.15, 0.2) is 78.0 Å². The Bertz CT molecular complexity index is 2000. The van der Waals surface area contributed by atoms with E-state index in [1.165, 1.54) is 23.1 Å². The average molecular weight is 602 g/mol. The van der Waals surface area contributed by atoms with Gasteiger partial charge in [0.05, 0.1) is 36.1 Å². The number of thioether (sulfide) groups is 1. The van der Waals surface area contributed by atoms with Crippen LogP contribution in [0.1, 0.15) is 17.3 Å². The Hall–Kier alpha value is -4.26. The van der Waals surface area contributed by atoms with E-state index < -0.39 is 0 Å². The van der Waals surface area contributed by atoms with Crippen LogP contribution >= 0.6 is 35.3 Å². The molecule has 1 amide bonds. The molecule has 41 heavy (non-hydrogen) atoms. The number of amides is 1. The molecule has 206 valence electrons. The molecule has 3 heterocycles. The molecule has 0 spiro atoms. The number of hydrogen-bond acceptors (Lipinski definition) is 9. The minimum Gasteiger partial charge on any atom is -0.497 e. The smallest absolute Gasteiger partial charge is 0.338 e. The minimum atomic E-state index is -0.382. The Morgan fingerprint density at radius 1 is 1.02 bits per heavy atom. The molecule has 0 fully saturated rings. The first kappa shape index (κ1) is 26.9. The zero-order valence-corrected chi connectivity index (χ0v) is 24.4. The van der Waals surface area contributed by atoms with E-state index in [9.17, 15) is 9.59 Å². The summed E-state index contributed by atoms with van der Waals surface area (Å²) in [6.07, 6.45) is 0. The lowest BCUT2D eigenvalue weighted by Crippen LogP contribution is -2.14. The Morgan fingerprint density at radius 2 is 1.83 bits per heavy atom. The van der Waals surface area contributed by atoms with E-state index >= 15 is 0 Å². The van der Waals surface area contributed by atoms with Crippen LogP contribution in [0.3, 0.4) is 0 Å². The van der Waals surface area contributed by atoms with Crippen LogP contribution in [0.4, 0.5) is 5.69 Å². The second-order valence-corrected chi connectivity index (χ2v) is 11.4. The molecular formula is C29H23N5O4S3. The average Bonchev–Trinajstić information content (AvgIpc) is 3.54. The molecule has 1 N–H and O–H groups in total. The maximum atomic E-state index is 12.9. The standard InChI is InChI=1S/C29H23N5O4S3/c1-3-38-27(36)17-11-13-19(14-12-17)33-26-24(41-29(33)39)25-31-21-9-4-5-10-22(21)34(25)28(32-26)40-16-23(35)30-18-7-6-8-20(15-18)37-2/h4-15H,3,16H2,1-2H3,(H,30,35). The van der Waals surface area contributed by atoms with E-state index in [4.69, 9.17) is 31.7 Å². The largest absolute Gasteiger partial charge is 0.497 e. The molecule has 0 aliphatic rings. The van der Waals surface area contributed by atoms with E-state index in [0.717, 1.165) is 21.4 Å². The predicted molar refractivity (Wildman–Crippen MR) is 164 cm³/mol. The topological polar surface area (TPSA) is 99.8 Å². The number of carbonyl (C=O) groups excluding carboxylic acids is 2. The van der Waals surface area contributed by atoms with E-state index in [1.807, 2.05) is 63.6 Å². The number of imidazole rings is 1. The van der Waals surface area contributed by atoms with Crippen LogP contribution in [-0.4, -0.2) is 50.3 Å². The van der Waals surface area contributed by atoms with Crippen molar-refractivity contribution in [3.63, 3.8) is 0 Å². The summed E-state index contributed by atoms with van der Waals surface area (Å²) >= 11 is 8.51. The lowest BCUT2D eigenvalue weighted by Gasteiger charge is -2.10. The van der Waals surface area contributed by atoms with Crippen LogP contribution in [0.5, 0.6) is 5.75 Å². The molecule has 0 aliphatic carbocycles. The van der Waals surface area contributed by atoms with Gasteiger partial charge in [0.2, 0.25) is 5.91 Å². The van der Waals surface area contributed by atoms with Crippen molar-refractivity contribution in [1.29, 1.82) is 0 Å². The van der Waals surface area contributed by atoms with E-state index in [-0.39, 0.29) is 17.6 Å². The van der Waals surface area contributed by atoms with Crippen molar-refractivity contribution in [2.24, 2.45) is 0 Å². The van der Waals surface area contributed by atoms with Crippen molar-refractivity contribution in [1.82, 2.24) is 18.9 Å².